The van der Waals surface area contributed by atoms with Crippen LogP contribution < -0.4 is 20.1 Å². The van der Waals surface area contributed by atoms with Crippen molar-refractivity contribution in [3.05, 3.63) is 53.6 Å². The molecule has 2 amide bonds. The summed E-state index contributed by atoms with van der Waals surface area (Å²) in [6.07, 6.45) is 1.81. The Morgan fingerprint density at radius 1 is 1.11 bits per heavy atom. The number of hydrogen-bond acceptors (Lipinski definition) is 4. The van der Waals surface area contributed by atoms with Gasteiger partial charge in [0.05, 0.1) is 12.2 Å². The van der Waals surface area contributed by atoms with E-state index >= 15 is 0 Å². The molecule has 0 spiro atoms. The molecule has 0 fully saturated rings. The van der Waals surface area contributed by atoms with Gasteiger partial charge in [-0.15, -0.1) is 0 Å². The Kier molecular flexibility index (Phi) is 5.99. The highest BCUT2D eigenvalue weighted by Gasteiger charge is 2.20. The zero-order valence-corrected chi connectivity index (χ0v) is 16.2. The Balaban J connectivity index is 1.74. The standard InChI is InChI=1S/C22H24N2O4/c1-4-27-19-10-5-7-15-11-16(13-28-20(15)19)22(26)24-18-9-6-8-17(12-18)23-21(25)14(2)3/h5-12,14H,4,13H2,1-3H3,(H,23,25)(H,24,26). The number of carbonyl (C=O) groups excluding carboxylic acids is 2. The number of hydrogen-bond donors (Lipinski definition) is 2. The number of ether oxygens (including phenoxy) is 2. The first-order valence-electron chi connectivity index (χ1n) is 9.29. The third kappa shape index (κ3) is 4.52. The summed E-state index contributed by atoms with van der Waals surface area (Å²) in [7, 11) is 0. The summed E-state index contributed by atoms with van der Waals surface area (Å²) in [5.74, 6) is 0.876. The van der Waals surface area contributed by atoms with Gasteiger partial charge in [0, 0.05) is 22.9 Å². The lowest BCUT2D eigenvalue weighted by Crippen LogP contribution is -2.22. The molecule has 0 bridgehead atoms. The number of carbonyl (C=O) groups is 2. The Morgan fingerprint density at radius 3 is 2.54 bits per heavy atom. The van der Waals surface area contributed by atoms with Crippen LogP contribution in [-0.4, -0.2) is 25.0 Å². The molecule has 2 N–H and O–H groups in total. The normalized spacial score (nSPS) is 12.5. The summed E-state index contributed by atoms with van der Waals surface area (Å²) in [5.41, 5.74) is 2.55. The van der Waals surface area contributed by atoms with Crippen molar-refractivity contribution in [3.8, 4) is 11.5 Å². The first-order valence-corrected chi connectivity index (χ1v) is 9.29. The summed E-state index contributed by atoms with van der Waals surface area (Å²) in [4.78, 5) is 24.5. The topological polar surface area (TPSA) is 76.7 Å². The van der Waals surface area contributed by atoms with Crippen LogP contribution in [0.15, 0.2) is 48.0 Å². The van der Waals surface area contributed by atoms with Gasteiger partial charge in [-0.2, -0.15) is 0 Å². The second-order valence-corrected chi connectivity index (χ2v) is 6.74. The van der Waals surface area contributed by atoms with Crippen LogP contribution in [0.4, 0.5) is 11.4 Å². The number of amides is 2. The molecule has 6 nitrogen and oxygen atoms in total. The molecule has 28 heavy (non-hydrogen) atoms. The zero-order chi connectivity index (χ0) is 20.1. The minimum absolute atomic E-state index is 0.0754. The maximum absolute atomic E-state index is 12.7. The van der Waals surface area contributed by atoms with E-state index in [1.807, 2.05) is 39.0 Å². The summed E-state index contributed by atoms with van der Waals surface area (Å²) in [6, 6.07) is 12.7. The third-order valence-electron chi connectivity index (χ3n) is 4.21. The van der Waals surface area contributed by atoms with Crippen LogP contribution in [0, 0.1) is 5.92 Å². The first-order chi connectivity index (χ1) is 13.5. The molecule has 1 heterocycles. The maximum atomic E-state index is 12.7. The fourth-order valence-corrected chi connectivity index (χ4v) is 2.75. The molecule has 2 aromatic carbocycles. The van der Waals surface area contributed by atoms with Crippen LogP contribution in [0.5, 0.6) is 11.5 Å². The highest BCUT2D eigenvalue weighted by molar-refractivity contribution is 6.08. The summed E-state index contributed by atoms with van der Waals surface area (Å²) >= 11 is 0. The van der Waals surface area contributed by atoms with Crippen LogP contribution in [0.3, 0.4) is 0 Å². The minimum atomic E-state index is -0.250. The van der Waals surface area contributed by atoms with E-state index in [4.69, 9.17) is 9.47 Å². The lowest BCUT2D eigenvalue weighted by molar-refractivity contribution is -0.119. The average molecular weight is 380 g/mol. The smallest absolute Gasteiger partial charge is 0.255 e. The molecule has 6 heteroatoms. The van der Waals surface area contributed by atoms with Crippen molar-refractivity contribution in [2.75, 3.05) is 23.8 Å². The number of rotatable bonds is 6. The van der Waals surface area contributed by atoms with E-state index in [1.165, 1.54) is 0 Å². The van der Waals surface area contributed by atoms with E-state index in [0.717, 1.165) is 5.56 Å². The van der Waals surface area contributed by atoms with Gasteiger partial charge in [-0.25, -0.2) is 0 Å². The summed E-state index contributed by atoms with van der Waals surface area (Å²) in [6.45, 7) is 6.26. The molecule has 1 aliphatic rings. The van der Waals surface area contributed by atoms with Crippen molar-refractivity contribution in [1.29, 1.82) is 0 Å². The molecule has 0 radical (unpaired) electrons. The average Bonchev–Trinajstić information content (AvgIpc) is 2.68. The van der Waals surface area contributed by atoms with E-state index in [2.05, 4.69) is 10.6 Å². The van der Waals surface area contributed by atoms with Gasteiger partial charge in [0.15, 0.2) is 11.5 Å². The van der Waals surface area contributed by atoms with E-state index in [1.54, 1.807) is 30.3 Å². The molecule has 146 valence electrons. The molecule has 0 atom stereocenters. The van der Waals surface area contributed by atoms with Gasteiger partial charge < -0.3 is 20.1 Å². The van der Waals surface area contributed by atoms with Gasteiger partial charge in [0.1, 0.15) is 6.61 Å². The van der Waals surface area contributed by atoms with Gasteiger partial charge in [0.2, 0.25) is 5.91 Å². The fourth-order valence-electron chi connectivity index (χ4n) is 2.75. The molecule has 3 rings (SSSR count). The second-order valence-electron chi connectivity index (χ2n) is 6.74. The molecular weight excluding hydrogens is 356 g/mol. The molecule has 0 aliphatic carbocycles. The first kappa shape index (κ1) is 19.5. The van der Waals surface area contributed by atoms with Crippen LogP contribution in [0.1, 0.15) is 26.3 Å². The Labute approximate surface area is 164 Å². The molecule has 0 saturated carbocycles. The fraction of sp³-hybridized carbons (Fsp3) is 0.273. The molecule has 0 unspecified atom stereocenters. The highest BCUT2D eigenvalue weighted by atomic mass is 16.5. The summed E-state index contributed by atoms with van der Waals surface area (Å²) in [5, 5.41) is 5.68. The van der Waals surface area contributed by atoms with Gasteiger partial charge in [-0.3, -0.25) is 9.59 Å². The van der Waals surface area contributed by atoms with Crippen LogP contribution in [0.2, 0.25) is 0 Å². The van der Waals surface area contributed by atoms with Crippen LogP contribution in [0.25, 0.3) is 6.08 Å². The number of nitrogens with one attached hydrogen (secondary N) is 2. The quantitative estimate of drug-likeness (QED) is 0.791. The Hall–Kier alpha value is -3.28. The predicted octanol–water partition coefficient (Wildman–Crippen LogP) is 4.09. The maximum Gasteiger partial charge on any atom is 0.255 e. The molecule has 0 aromatic heterocycles. The SMILES string of the molecule is CCOc1cccc2c1OCC(C(=O)Nc1cccc(NC(=O)C(C)C)c1)=C2. The minimum Gasteiger partial charge on any atom is -0.490 e. The second kappa shape index (κ2) is 8.61. The number of fused-ring (bicyclic) bond motifs is 1. The lowest BCUT2D eigenvalue weighted by atomic mass is 10.1. The molecule has 0 saturated heterocycles. The highest BCUT2D eigenvalue weighted by Crippen LogP contribution is 2.36. The van der Waals surface area contributed by atoms with Crippen molar-refractivity contribution in [2.24, 2.45) is 5.92 Å². The van der Waals surface area contributed by atoms with E-state index in [9.17, 15) is 9.59 Å². The van der Waals surface area contributed by atoms with Gasteiger partial charge in [0.25, 0.3) is 5.91 Å². The third-order valence-corrected chi connectivity index (χ3v) is 4.21. The molecule has 2 aromatic rings. The van der Waals surface area contributed by atoms with Crippen molar-refractivity contribution >= 4 is 29.3 Å². The Bertz CT molecular complexity index is 919. The van der Waals surface area contributed by atoms with E-state index in [-0.39, 0.29) is 24.3 Å². The number of para-hydroxylation sites is 1. The predicted molar refractivity (Wildman–Crippen MR) is 110 cm³/mol. The van der Waals surface area contributed by atoms with E-state index < -0.39 is 0 Å². The van der Waals surface area contributed by atoms with Crippen LogP contribution >= 0.6 is 0 Å². The largest absolute Gasteiger partial charge is 0.490 e. The van der Waals surface area contributed by atoms with Crippen LogP contribution in [-0.2, 0) is 9.59 Å². The Morgan fingerprint density at radius 2 is 1.82 bits per heavy atom. The number of anilines is 2. The van der Waals surface area contributed by atoms with E-state index in [0.29, 0.717) is 35.1 Å². The van der Waals surface area contributed by atoms with Crippen molar-refractivity contribution in [3.63, 3.8) is 0 Å². The van der Waals surface area contributed by atoms with Crippen molar-refractivity contribution in [1.82, 2.24) is 0 Å². The van der Waals surface area contributed by atoms with Gasteiger partial charge >= 0.3 is 0 Å². The zero-order valence-electron chi connectivity index (χ0n) is 16.2. The summed E-state index contributed by atoms with van der Waals surface area (Å²) < 4.78 is 11.3. The van der Waals surface area contributed by atoms with Gasteiger partial charge in [-0.05, 0) is 37.3 Å². The molecular formula is C22H24N2O4. The van der Waals surface area contributed by atoms with Crippen molar-refractivity contribution < 1.29 is 19.1 Å². The lowest BCUT2D eigenvalue weighted by Gasteiger charge is -2.20. The number of benzene rings is 2. The molecule has 1 aliphatic heterocycles. The van der Waals surface area contributed by atoms with Crippen molar-refractivity contribution in [2.45, 2.75) is 20.8 Å². The van der Waals surface area contributed by atoms with Gasteiger partial charge in [-0.1, -0.05) is 32.0 Å². The monoisotopic (exact) mass is 380 g/mol.